The van der Waals surface area contributed by atoms with Gasteiger partial charge in [-0.1, -0.05) is 125 Å². The van der Waals surface area contributed by atoms with E-state index in [9.17, 15) is 0 Å². The van der Waals surface area contributed by atoms with E-state index < -0.39 is 8.07 Å². The molecule has 0 atom stereocenters. The van der Waals surface area contributed by atoms with E-state index in [-0.39, 0.29) is 0 Å². The minimum absolute atomic E-state index is 1.12. The van der Waals surface area contributed by atoms with Gasteiger partial charge in [-0.3, -0.25) is 0 Å². The Balaban J connectivity index is 2.02. The summed E-state index contributed by atoms with van der Waals surface area (Å²) in [7, 11) is -1.88. The van der Waals surface area contributed by atoms with Crippen LogP contribution in [0.1, 0.15) is 37.8 Å². The fraction of sp³-hybridized carbons (Fsp3) is 0.250. The molecule has 0 radical (unpaired) electrons. The standard InChI is InChI=1S/C32H34Si/c1-5-15-25-26(16-6-2)30(24-19-11-8-12-20-24)32-31(29(25)23-17-9-7-10-18-23)27-21-13-14-22-28(27)33(32,3)4/h7-14,17-22H,5-6,15-16H2,1-4H3. The van der Waals surface area contributed by atoms with Gasteiger partial charge in [-0.15, -0.1) is 0 Å². The van der Waals surface area contributed by atoms with Crippen LogP contribution in [0.15, 0.2) is 84.9 Å². The van der Waals surface area contributed by atoms with E-state index in [0.29, 0.717) is 0 Å². The third kappa shape index (κ3) is 3.50. The molecule has 33 heavy (non-hydrogen) atoms. The molecule has 0 aliphatic carbocycles. The Hall–Kier alpha value is -2.90. The van der Waals surface area contributed by atoms with Crippen molar-refractivity contribution in [2.24, 2.45) is 0 Å². The third-order valence-corrected chi connectivity index (χ3v) is 10.9. The molecule has 1 heteroatoms. The van der Waals surface area contributed by atoms with Crippen molar-refractivity contribution >= 4 is 18.4 Å². The Kier molecular flexibility index (Phi) is 5.84. The summed E-state index contributed by atoms with van der Waals surface area (Å²) in [6.45, 7) is 9.78. The summed E-state index contributed by atoms with van der Waals surface area (Å²) < 4.78 is 0. The van der Waals surface area contributed by atoms with Gasteiger partial charge in [-0.25, -0.2) is 0 Å². The first-order chi connectivity index (χ1) is 16.1. The van der Waals surface area contributed by atoms with E-state index in [2.05, 4.69) is 112 Å². The van der Waals surface area contributed by atoms with Gasteiger partial charge in [-0.2, -0.15) is 0 Å². The first kappa shape index (κ1) is 21.9. The highest BCUT2D eigenvalue weighted by Gasteiger charge is 2.42. The zero-order chi connectivity index (χ0) is 23.0. The van der Waals surface area contributed by atoms with Crippen LogP contribution in [0.5, 0.6) is 0 Å². The van der Waals surface area contributed by atoms with Crippen LogP contribution in [-0.4, -0.2) is 8.07 Å². The Morgan fingerprint density at radius 2 is 1.03 bits per heavy atom. The average Bonchev–Trinajstić information content (AvgIpc) is 3.08. The second kappa shape index (κ2) is 8.80. The summed E-state index contributed by atoms with van der Waals surface area (Å²) in [4.78, 5) is 0. The lowest BCUT2D eigenvalue weighted by atomic mass is 9.80. The molecule has 0 spiro atoms. The number of benzene rings is 4. The largest absolute Gasteiger partial charge is 0.114 e. The van der Waals surface area contributed by atoms with Crippen LogP contribution in [0.2, 0.25) is 13.1 Å². The van der Waals surface area contributed by atoms with E-state index in [4.69, 9.17) is 0 Å². The lowest BCUT2D eigenvalue weighted by Crippen LogP contribution is -2.50. The van der Waals surface area contributed by atoms with E-state index in [0.717, 1.165) is 19.3 Å². The molecule has 5 rings (SSSR count). The molecule has 0 saturated heterocycles. The van der Waals surface area contributed by atoms with Crippen molar-refractivity contribution in [2.45, 2.75) is 52.6 Å². The second-order valence-corrected chi connectivity index (χ2v) is 14.1. The molecule has 166 valence electrons. The fourth-order valence-corrected chi connectivity index (χ4v) is 9.50. The SMILES string of the molecule is CCCc1c(CCC)c(-c2ccccc2)c2c(c1-c1ccccc1)-c1ccccc1[Si]2(C)C. The number of hydrogen-bond acceptors (Lipinski definition) is 0. The lowest BCUT2D eigenvalue weighted by molar-refractivity contribution is 0.865. The molecule has 0 fully saturated rings. The van der Waals surface area contributed by atoms with Gasteiger partial charge in [0.25, 0.3) is 0 Å². The average molecular weight is 447 g/mol. The molecular weight excluding hydrogens is 412 g/mol. The molecule has 0 aromatic heterocycles. The van der Waals surface area contributed by atoms with Gasteiger partial charge in [0, 0.05) is 0 Å². The van der Waals surface area contributed by atoms with Gasteiger partial charge in [0.1, 0.15) is 8.07 Å². The van der Waals surface area contributed by atoms with Gasteiger partial charge < -0.3 is 0 Å². The summed E-state index contributed by atoms with van der Waals surface area (Å²) in [6, 6.07) is 31.7. The van der Waals surface area contributed by atoms with E-state index in [1.54, 1.807) is 27.1 Å². The Morgan fingerprint density at radius 3 is 1.61 bits per heavy atom. The zero-order valence-corrected chi connectivity index (χ0v) is 21.4. The van der Waals surface area contributed by atoms with Crippen molar-refractivity contribution in [2.75, 3.05) is 0 Å². The van der Waals surface area contributed by atoms with Crippen molar-refractivity contribution in [3.63, 3.8) is 0 Å². The molecule has 1 aliphatic rings. The monoisotopic (exact) mass is 446 g/mol. The van der Waals surface area contributed by atoms with Crippen molar-refractivity contribution < 1.29 is 0 Å². The van der Waals surface area contributed by atoms with Crippen LogP contribution in [0.3, 0.4) is 0 Å². The zero-order valence-electron chi connectivity index (χ0n) is 20.4. The summed E-state index contributed by atoms with van der Waals surface area (Å²) >= 11 is 0. The summed E-state index contributed by atoms with van der Waals surface area (Å²) in [5, 5.41) is 3.24. The van der Waals surface area contributed by atoms with E-state index in [1.165, 1.54) is 34.2 Å². The van der Waals surface area contributed by atoms with Crippen molar-refractivity contribution in [1.82, 2.24) is 0 Å². The van der Waals surface area contributed by atoms with Gasteiger partial charge in [-0.05, 0) is 67.7 Å². The van der Waals surface area contributed by atoms with Gasteiger partial charge in [0.05, 0.1) is 0 Å². The molecule has 1 heterocycles. The predicted octanol–water partition coefficient (Wildman–Crippen LogP) is 7.73. The molecule has 0 N–H and O–H groups in total. The highest BCUT2D eigenvalue weighted by atomic mass is 28.3. The quantitative estimate of drug-likeness (QED) is 0.266. The highest BCUT2D eigenvalue weighted by Crippen LogP contribution is 2.45. The maximum Gasteiger partial charge on any atom is 0.114 e. The molecule has 0 unspecified atom stereocenters. The van der Waals surface area contributed by atoms with Crippen LogP contribution in [0.25, 0.3) is 33.4 Å². The fourth-order valence-electron chi connectivity index (χ4n) is 6.03. The lowest BCUT2D eigenvalue weighted by Gasteiger charge is -2.29. The van der Waals surface area contributed by atoms with E-state index in [1.807, 2.05) is 0 Å². The predicted molar refractivity (Wildman–Crippen MR) is 147 cm³/mol. The first-order valence-electron chi connectivity index (χ1n) is 12.5. The van der Waals surface area contributed by atoms with E-state index >= 15 is 0 Å². The van der Waals surface area contributed by atoms with Crippen LogP contribution in [0.4, 0.5) is 0 Å². The minimum atomic E-state index is -1.88. The molecule has 0 saturated carbocycles. The second-order valence-electron chi connectivity index (χ2n) is 9.86. The Bertz CT molecular complexity index is 1280. The minimum Gasteiger partial charge on any atom is -0.0651 e. The Morgan fingerprint density at radius 1 is 0.545 bits per heavy atom. The summed E-state index contributed by atoms with van der Waals surface area (Å²) in [6.07, 6.45) is 4.58. The van der Waals surface area contributed by atoms with Gasteiger partial charge in [0.2, 0.25) is 0 Å². The smallest absolute Gasteiger partial charge is 0.0651 e. The normalized spacial score (nSPS) is 13.6. The number of rotatable bonds is 6. The maximum absolute atomic E-state index is 2.56. The molecule has 0 amide bonds. The molecule has 0 bridgehead atoms. The van der Waals surface area contributed by atoms with Crippen LogP contribution < -0.4 is 10.4 Å². The topological polar surface area (TPSA) is 0 Å². The number of fused-ring (bicyclic) bond motifs is 3. The number of hydrogen-bond donors (Lipinski definition) is 0. The molecular formula is C32H34Si. The first-order valence-corrected chi connectivity index (χ1v) is 15.5. The molecule has 1 aliphatic heterocycles. The van der Waals surface area contributed by atoms with Crippen molar-refractivity contribution in [3.05, 3.63) is 96.1 Å². The maximum atomic E-state index is 2.56. The molecule has 4 aromatic rings. The summed E-state index contributed by atoms with van der Waals surface area (Å²) in [5.74, 6) is 0. The Labute approximate surface area is 200 Å². The van der Waals surface area contributed by atoms with Gasteiger partial charge in [0.15, 0.2) is 0 Å². The van der Waals surface area contributed by atoms with Gasteiger partial charge >= 0.3 is 0 Å². The van der Waals surface area contributed by atoms with Crippen molar-refractivity contribution in [1.29, 1.82) is 0 Å². The van der Waals surface area contributed by atoms with Crippen molar-refractivity contribution in [3.8, 4) is 33.4 Å². The third-order valence-electron chi connectivity index (χ3n) is 7.34. The molecule has 4 aromatic carbocycles. The van der Waals surface area contributed by atoms with Crippen LogP contribution >= 0.6 is 0 Å². The van der Waals surface area contributed by atoms with Crippen LogP contribution in [-0.2, 0) is 12.8 Å². The van der Waals surface area contributed by atoms with Crippen LogP contribution in [0, 0.1) is 0 Å². The summed E-state index contributed by atoms with van der Waals surface area (Å²) in [5.41, 5.74) is 12.0. The highest BCUT2D eigenvalue weighted by molar-refractivity contribution is 7.04. The molecule has 0 nitrogen and oxygen atoms in total.